The molecule has 1 fully saturated rings. The van der Waals surface area contributed by atoms with Crippen LogP contribution in [0.1, 0.15) is 32.1 Å². The summed E-state index contributed by atoms with van der Waals surface area (Å²) in [5.74, 6) is -2.88. The summed E-state index contributed by atoms with van der Waals surface area (Å²) in [6.45, 7) is -1.62. The maximum Gasteiger partial charge on any atom is 0.333 e. The number of rotatable bonds is 9. The van der Waals surface area contributed by atoms with Crippen LogP contribution in [0.3, 0.4) is 0 Å². The zero-order valence-electron chi connectivity index (χ0n) is 13.6. The van der Waals surface area contributed by atoms with Gasteiger partial charge in [0.15, 0.2) is 0 Å². The topological polar surface area (TPSA) is 182 Å². The van der Waals surface area contributed by atoms with Gasteiger partial charge in [0.25, 0.3) is 11.8 Å². The van der Waals surface area contributed by atoms with Crippen LogP contribution in [0.5, 0.6) is 0 Å². The van der Waals surface area contributed by atoms with Crippen molar-refractivity contribution in [3.05, 3.63) is 0 Å². The van der Waals surface area contributed by atoms with Crippen LogP contribution in [0.15, 0.2) is 0 Å². The van der Waals surface area contributed by atoms with Gasteiger partial charge in [-0.2, -0.15) is 0 Å². The fraction of sp³-hybridized carbons (Fsp3) is 0.714. The molecule has 0 aromatic rings. The fourth-order valence-electron chi connectivity index (χ4n) is 1.49. The second-order valence-corrected chi connectivity index (χ2v) is 5.42. The van der Waals surface area contributed by atoms with Gasteiger partial charge in [-0.1, -0.05) is 0 Å². The van der Waals surface area contributed by atoms with Gasteiger partial charge in [0.1, 0.15) is 0 Å². The number of hydrogen-bond acceptors (Lipinski definition) is 9. The standard InChI is InChI=1S/C9H11NO6.C5H12O4/c11-6-4-5-7(12)10(6)16-9(15)3-1-2-8(13)14;6-1-5(2-7,3-8)4-9/h1-5H2,(H,13,14);6-9H,1-4H2. The van der Waals surface area contributed by atoms with E-state index in [1.165, 1.54) is 0 Å². The van der Waals surface area contributed by atoms with E-state index in [9.17, 15) is 19.2 Å². The molecule has 0 unspecified atom stereocenters. The minimum absolute atomic E-state index is 0.0429. The molecule has 144 valence electrons. The number of aliphatic hydroxyl groups excluding tert-OH is 4. The molecule has 2 amide bonds. The van der Waals surface area contributed by atoms with Crippen LogP contribution >= 0.6 is 0 Å². The van der Waals surface area contributed by atoms with Crippen molar-refractivity contribution in [3.8, 4) is 0 Å². The molecule has 0 radical (unpaired) electrons. The van der Waals surface area contributed by atoms with Crippen molar-refractivity contribution in [1.29, 1.82) is 0 Å². The van der Waals surface area contributed by atoms with Crippen LogP contribution in [0.25, 0.3) is 0 Å². The number of nitrogens with zero attached hydrogens (tertiary/aromatic N) is 1. The molecule has 0 atom stereocenters. The number of carbonyl (C=O) groups is 4. The summed E-state index contributed by atoms with van der Waals surface area (Å²) in [5.41, 5.74) is -1.11. The van der Waals surface area contributed by atoms with Crippen molar-refractivity contribution in [2.24, 2.45) is 5.41 Å². The first-order chi connectivity index (χ1) is 11.7. The van der Waals surface area contributed by atoms with E-state index in [2.05, 4.69) is 4.84 Å². The lowest BCUT2D eigenvalue weighted by Crippen LogP contribution is -2.37. The van der Waals surface area contributed by atoms with E-state index in [1.54, 1.807) is 0 Å². The Bertz CT molecular complexity index is 441. The van der Waals surface area contributed by atoms with Gasteiger partial charge in [-0.15, -0.1) is 5.06 Å². The molecule has 25 heavy (non-hydrogen) atoms. The number of amides is 2. The monoisotopic (exact) mass is 365 g/mol. The smallest absolute Gasteiger partial charge is 0.333 e. The molecule has 0 aromatic heterocycles. The molecule has 1 aliphatic heterocycles. The van der Waals surface area contributed by atoms with E-state index in [0.29, 0.717) is 5.06 Å². The zero-order chi connectivity index (χ0) is 19.5. The first kappa shape index (κ1) is 22.9. The first-order valence-corrected chi connectivity index (χ1v) is 7.47. The number of hydrogen-bond donors (Lipinski definition) is 5. The SMILES string of the molecule is O=C(O)CCCC(=O)ON1C(=O)CCC1=O.OCC(CO)(CO)CO. The maximum atomic E-state index is 11.1. The van der Waals surface area contributed by atoms with Gasteiger partial charge in [0, 0.05) is 25.7 Å². The van der Waals surface area contributed by atoms with Gasteiger partial charge in [-0.3, -0.25) is 14.4 Å². The predicted octanol–water partition coefficient (Wildman–Crippen LogP) is -2.21. The molecule has 0 aliphatic carbocycles. The molecule has 1 saturated heterocycles. The van der Waals surface area contributed by atoms with Crippen molar-refractivity contribution in [1.82, 2.24) is 5.06 Å². The van der Waals surface area contributed by atoms with E-state index in [1.807, 2.05) is 0 Å². The van der Waals surface area contributed by atoms with Crippen molar-refractivity contribution < 1.29 is 49.5 Å². The number of carboxylic acids is 1. The predicted molar refractivity (Wildman–Crippen MR) is 79.4 cm³/mol. The first-order valence-electron chi connectivity index (χ1n) is 7.47. The van der Waals surface area contributed by atoms with Crippen LogP contribution in [0.4, 0.5) is 0 Å². The van der Waals surface area contributed by atoms with Gasteiger partial charge in [0.2, 0.25) is 0 Å². The van der Waals surface area contributed by atoms with Crippen molar-refractivity contribution >= 4 is 23.8 Å². The van der Waals surface area contributed by atoms with Crippen molar-refractivity contribution in [2.75, 3.05) is 26.4 Å². The Hall–Kier alpha value is -2.08. The van der Waals surface area contributed by atoms with Gasteiger partial charge in [-0.25, -0.2) is 4.79 Å². The minimum Gasteiger partial charge on any atom is -0.481 e. The summed E-state index contributed by atoms with van der Waals surface area (Å²) >= 11 is 0. The number of hydroxylamine groups is 2. The molecule has 5 N–H and O–H groups in total. The normalized spacial score (nSPS) is 14.2. The fourth-order valence-corrected chi connectivity index (χ4v) is 1.49. The Labute approximate surface area is 143 Å². The van der Waals surface area contributed by atoms with E-state index in [-0.39, 0.29) is 32.1 Å². The minimum atomic E-state index is -1.11. The summed E-state index contributed by atoms with van der Waals surface area (Å²) in [5, 5.41) is 42.8. The van der Waals surface area contributed by atoms with Crippen LogP contribution in [-0.2, 0) is 24.0 Å². The van der Waals surface area contributed by atoms with Crippen molar-refractivity contribution in [2.45, 2.75) is 32.1 Å². The van der Waals surface area contributed by atoms with Gasteiger partial charge >= 0.3 is 11.9 Å². The lowest BCUT2D eigenvalue weighted by Gasteiger charge is -2.23. The quantitative estimate of drug-likeness (QED) is 0.281. The third kappa shape index (κ3) is 8.03. The highest BCUT2D eigenvalue weighted by molar-refractivity contribution is 6.01. The Kier molecular flexibility index (Phi) is 10.5. The van der Waals surface area contributed by atoms with Crippen LogP contribution < -0.4 is 0 Å². The zero-order valence-corrected chi connectivity index (χ0v) is 13.6. The second-order valence-electron chi connectivity index (χ2n) is 5.42. The number of aliphatic hydroxyl groups is 4. The van der Waals surface area contributed by atoms with Gasteiger partial charge in [-0.05, 0) is 6.42 Å². The summed E-state index contributed by atoms with van der Waals surface area (Å²) in [4.78, 5) is 47.9. The Morgan fingerprint density at radius 2 is 1.36 bits per heavy atom. The molecular formula is C14H23NO10. The Morgan fingerprint density at radius 3 is 1.68 bits per heavy atom. The Morgan fingerprint density at radius 1 is 0.920 bits per heavy atom. The summed E-state index contributed by atoms with van der Waals surface area (Å²) in [6.07, 6.45) is -0.0901. The van der Waals surface area contributed by atoms with Gasteiger partial charge in [0.05, 0.1) is 31.8 Å². The summed E-state index contributed by atoms with van der Waals surface area (Å²) < 4.78 is 0. The molecule has 11 nitrogen and oxygen atoms in total. The number of carbonyl (C=O) groups excluding carboxylic acids is 3. The summed E-state index contributed by atoms with van der Waals surface area (Å²) in [6, 6.07) is 0. The van der Waals surface area contributed by atoms with Crippen molar-refractivity contribution in [3.63, 3.8) is 0 Å². The maximum absolute atomic E-state index is 11.1. The third-order valence-corrected chi connectivity index (χ3v) is 3.31. The average molecular weight is 365 g/mol. The Balaban J connectivity index is 0.000000547. The van der Waals surface area contributed by atoms with Gasteiger partial charge < -0.3 is 30.4 Å². The van der Waals surface area contributed by atoms with Crippen LogP contribution in [0, 0.1) is 5.41 Å². The third-order valence-electron chi connectivity index (χ3n) is 3.31. The van der Waals surface area contributed by atoms with E-state index >= 15 is 0 Å². The number of aliphatic carboxylic acids is 1. The molecule has 0 bridgehead atoms. The molecule has 0 saturated carbocycles. The molecule has 0 aromatic carbocycles. The largest absolute Gasteiger partial charge is 0.481 e. The van der Waals surface area contributed by atoms with Crippen LogP contribution in [0.2, 0.25) is 0 Å². The van der Waals surface area contributed by atoms with E-state index < -0.39 is 55.6 Å². The summed E-state index contributed by atoms with van der Waals surface area (Å²) in [7, 11) is 0. The molecule has 11 heteroatoms. The number of carboxylic acid groups (broad SMARTS) is 1. The van der Waals surface area contributed by atoms with Crippen LogP contribution in [-0.4, -0.2) is 80.8 Å². The number of imide groups is 1. The highest BCUT2D eigenvalue weighted by Crippen LogP contribution is 2.13. The molecule has 1 aliphatic rings. The second kappa shape index (κ2) is 11.5. The lowest BCUT2D eigenvalue weighted by atomic mass is 9.93. The molecule has 1 heterocycles. The highest BCUT2D eigenvalue weighted by Gasteiger charge is 2.32. The highest BCUT2D eigenvalue weighted by atomic mass is 16.7. The van der Waals surface area contributed by atoms with E-state index in [4.69, 9.17) is 25.5 Å². The van der Waals surface area contributed by atoms with E-state index in [0.717, 1.165) is 0 Å². The molecule has 0 spiro atoms. The molecular weight excluding hydrogens is 342 g/mol. The average Bonchev–Trinajstić information content (AvgIpc) is 2.90. The molecule has 1 rings (SSSR count). The lowest BCUT2D eigenvalue weighted by molar-refractivity contribution is -0.197.